The third kappa shape index (κ3) is 6.04. The number of aryl methyl sites for hydroxylation is 2. The van der Waals surface area contributed by atoms with Gasteiger partial charge in [-0.2, -0.15) is 0 Å². The minimum atomic E-state index is -4.69. The smallest absolute Gasteiger partial charge is 0.464 e. The third-order valence-electron chi connectivity index (χ3n) is 4.40. The fourth-order valence-corrected chi connectivity index (χ4v) is 3.08. The highest BCUT2D eigenvalue weighted by Gasteiger charge is 2.31. The van der Waals surface area contributed by atoms with Crippen molar-refractivity contribution in [1.82, 2.24) is 10.2 Å². The summed E-state index contributed by atoms with van der Waals surface area (Å²) in [7, 11) is 0. The molecule has 0 aliphatic carbocycles. The summed E-state index contributed by atoms with van der Waals surface area (Å²) in [5, 5.41) is 3.31. The highest BCUT2D eigenvalue weighted by molar-refractivity contribution is 5.85. The predicted octanol–water partition coefficient (Wildman–Crippen LogP) is 4.63. The molecule has 0 saturated carbocycles. The lowest BCUT2D eigenvalue weighted by atomic mass is 10.0. The Balaban J connectivity index is 0.00000182. The number of piperazine rings is 1. The van der Waals surface area contributed by atoms with Gasteiger partial charge in [-0.1, -0.05) is 12.1 Å². The van der Waals surface area contributed by atoms with Crippen molar-refractivity contribution in [3.8, 4) is 5.75 Å². The van der Waals surface area contributed by atoms with Gasteiger partial charge in [-0.15, -0.1) is 38.0 Å². The maximum Gasteiger partial charge on any atom is 0.573 e. The van der Waals surface area contributed by atoms with Gasteiger partial charge in [0.25, 0.3) is 0 Å². The molecule has 1 atom stereocenters. The summed E-state index contributed by atoms with van der Waals surface area (Å²) in [6.45, 7) is 7.30. The van der Waals surface area contributed by atoms with Crippen LogP contribution in [0, 0.1) is 13.8 Å². The first-order valence-corrected chi connectivity index (χ1v) is 8.21. The molecule has 1 aliphatic heterocycles. The molecule has 0 unspecified atom stereocenters. The third-order valence-corrected chi connectivity index (χ3v) is 4.40. The van der Waals surface area contributed by atoms with Gasteiger partial charge in [0.05, 0.1) is 6.04 Å². The molecule has 3 rings (SSSR count). The van der Waals surface area contributed by atoms with E-state index in [4.69, 9.17) is 4.42 Å². The molecular weight excluding hydrogens is 404 g/mol. The number of furan rings is 1. The number of alkyl halides is 3. The molecule has 0 amide bonds. The average Bonchev–Trinajstić information content (AvgIpc) is 2.88. The van der Waals surface area contributed by atoms with E-state index in [9.17, 15) is 13.2 Å². The fraction of sp³-hybridized carbons (Fsp3) is 0.444. The zero-order valence-corrected chi connectivity index (χ0v) is 16.6. The van der Waals surface area contributed by atoms with Crippen molar-refractivity contribution in [3.05, 3.63) is 53.0 Å². The molecule has 2 heterocycles. The molecule has 0 spiro atoms. The molecule has 1 N–H and O–H groups in total. The van der Waals surface area contributed by atoms with Gasteiger partial charge in [0.15, 0.2) is 0 Å². The summed E-state index contributed by atoms with van der Waals surface area (Å²) >= 11 is 0. The highest BCUT2D eigenvalue weighted by atomic mass is 35.5. The van der Waals surface area contributed by atoms with Gasteiger partial charge in [0.2, 0.25) is 0 Å². The van der Waals surface area contributed by atoms with Crippen LogP contribution in [-0.2, 0) is 0 Å². The van der Waals surface area contributed by atoms with Gasteiger partial charge in [-0.25, -0.2) is 0 Å². The highest BCUT2D eigenvalue weighted by Crippen LogP contribution is 2.33. The Bertz CT molecular complexity index is 695. The van der Waals surface area contributed by atoms with Crippen LogP contribution in [-0.4, -0.2) is 37.4 Å². The maximum atomic E-state index is 12.4. The van der Waals surface area contributed by atoms with Crippen molar-refractivity contribution < 1.29 is 22.3 Å². The normalized spacial score (nSPS) is 16.2. The van der Waals surface area contributed by atoms with Crippen LogP contribution in [0.5, 0.6) is 5.75 Å². The van der Waals surface area contributed by atoms with E-state index in [2.05, 4.69) is 15.0 Å². The van der Waals surface area contributed by atoms with Crippen molar-refractivity contribution in [1.29, 1.82) is 0 Å². The van der Waals surface area contributed by atoms with Crippen molar-refractivity contribution in [2.24, 2.45) is 0 Å². The molecule has 2 aromatic rings. The first-order chi connectivity index (χ1) is 11.8. The van der Waals surface area contributed by atoms with E-state index in [0.29, 0.717) is 0 Å². The summed E-state index contributed by atoms with van der Waals surface area (Å²) in [5.74, 6) is 1.44. The topological polar surface area (TPSA) is 37.6 Å². The van der Waals surface area contributed by atoms with Crippen molar-refractivity contribution in [3.63, 3.8) is 0 Å². The Morgan fingerprint density at radius 1 is 1.07 bits per heavy atom. The number of halogens is 5. The Labute approximate surface area is 168 Å². The molecule has 1 aliphatic rings. The second-order valence-electron chi connectivity index (χ2n) is 6.19. The molecule has 4 nitrogen and oxygen atoms in total. The van der Waals surface area contributed by atoms with Crippen LogP contribution in [0.1, 0.15) is 28.7 Å². The Morgan fingerprint density at radius 3 is 2.15 bits per heavy atom. The van der Waals surface area contributed by atoms with Gasteiger partial charge in [-0.05, 0) is 43.2 Å². The standard InChI is InChI=1S/C18H21F3N2O2.2ClH/c1-12-11-16(24-13(12)2)17(23-9-7-22-8-10-23)14-3-5-15(6-4-14)25-18(19,20)21;;/h3-6,11,17,22H,7-10H2,1-2H3;2*1H/t17-;;/m0../s1. The van der Waals surface area contributed by atoms with Gasteiger partial charge in [-0.3, -0.25) is 4.90 Å². The molecule has 1 saturated heterocycles. The van der Waals surface area contributed by atoms with E-state index in [1.54, 1.807) is 12.1 Å². The molecular formula is C18H23Cl2F3N2O2. The predicted molar refractivity (Wildman–Crippen MR) is 102 cm³/mol. The van der Waals surface area contributed by atoms with Gasteiger partial charge in [0, 0.05) is 26.2 Å². The van der Waals surface area contributed by atoms with Gasteiger partial charge < -0.3 is 14.5 Å². The number of hydrogen-bond donors (Lipinski definition) is 1. The monoisotopic (exact) mass is 426 g/mol. The quantitative estimate of drug-likeness (QED) is 0.772. The molecule has 152 valence electrons. The molecule has 0 radical (unpaired) electrons. The minimum absolute atomic E-state index is 0. The van der Waals surface area contributed by atoms with E-state index in [0.717, 1.165) is 48.8 Å². The van der Waals surface area contributed by atoms with Crippen molar-refractivity contribution in [2.75, 3.05) is 26.2 Å². The molecule has 27 heavy (non-hydrogen) atoms. The zero-order valence-electron chi connectivity index (χ0n) is 15.0. The lowest BCUT2D eigenvalue weighted by molar-refractivity contribution is -0.274. The lowest BCUT2D eigenvalue weighted by Crippen LogP contribution is -2.45. The minimum Gasteiger partial charge on any atom is -0.464 e. The SMILES string of the molecule is Cc1cc([C@H](c2ccc(OC(F)(F)F)cc2)N2CCNCC2)oc1C.Cl.Cl. The zero-order chi connectivity index (χ0) is 18.0. The summed E-state index contributed by atoms with van der Waals surface area (Å²) in [6.07, 6.45) is -4.69. The van der Waals surface area contributed by atoms with E-state index in [1.807, 2.05) is 19.9 Å². The van der Waals surface area contributed by atoms with E-state index in [-0.39, 0.29) is 36.6 Å². The van der Waals surface area contributed by atoms with Crippen LogP contribution in [0.2, 0.25) is 0 Å². The second kappa shape index (κ2) is 9.68. The van der Waals surface area contributed by atoms with E-state index >= 15 is 0 Å². The Hall–Kier alpha value is -1.41. The summed E-state index contributed by atoms with van der Waals surface area (Å²) < 4.78 is 46.9. The molecule has 9 heteroatoms. The molecule has 1 fully saturated rings. The average molecular weight is 427 g/mol. The molecule has 1 aromatic heterocycles. The molecule has 0 bridgehead atoms. The van der Waals surface area contributed by atoms with Crippen LogP contribution in [0.4, 0.5) is 13.2 Å². The molecule has 1 aromatic carbocycles. The van der Waals surface area contributed by atoms with E-state index in [1.165, 1.54) is 12.1 Å². The Kier molecular flexibility index (Phi) is 8.48. The maximum absolute atomic E-state index is 12.4. The number of benzene rings is 1. The Morgan fingerprint density at radius 2 is 1.67 bits per heavy atom. The number of nitrogens with one attached hydrogen (secondary N) is 1. The number of nitrogens with zero attached hydrogens (tertiary/aromatic N) is 1. The largest absolute Gasteiger partial charge is 0.573 e. The van der Waals surface area contributed by atoms with Gasteiger partial charge >= 0.3 is 6.36 Å². The van der Waals surface area contributed by atoms with E-state index < -0.39 is 6.36 Å². The van der Waals surface area contributed by atoms with Gasteiger partial charge in [0.1, 0.15) is 17.3 Å². The van der Waals surface area contributed by atoms with Crippen molar-refractivity contribution >= 4 is 24.8 Å². The summed E-state index contributed by atoms with van der Waals surface area (Å²) in [4.78, 5) is 2.27. The number of hydrogen-bond acceptors (Lipinski definition) is 4. The van der Waals surface area contributed by atoms with Crippen LogP contribution >= 0.6 is 24.8 Å². The fourth-order valence-electron chi connectivity index (χ4n) is 3.08. The second-order valence-corrected chi connectivity index (χ2v) is 6.19. The number of rotatable bonds is 4. The summed E-state index contributed by atoms with van der Waals surface area (Å²) in [5.41, 5.74) is 1.94. The number of ether oxygens (including phenoxy) is 1. The first-order valence-electron chi connectivity index (χ1n) is 8.21. The lowest BCUT2D eigenvalue weighted by Gasteiger charge is -2.34. The van der Waals surface area contributed by atoms with Crippen molar-refractivity contribution in [2.45, 2.75) is 26.3 Å². The van der Waals surface area contributed by atoms with Crippen LogP contribution in [0.15, 0.2) is 34.7 Å². The van der Waals surface area contributed by atoms with Crippen LogP contribution in [0.3, 0.4) is 0 Å². The summed E-state index contributed by atoms with van der Waals surface area (Å²) in [6, 6.07) is 7.90. The van der Waals surface area contributed by atoms with Crippen LogP contribution < -0.4 is 10.1 Å². The van der Waals surface area contributed by atoms with Crippen LogP contribution in [0.25, 0.3) is 0 Å². The first kappa shape index (κ1) is 23.6.